The van der Waals surface area contributed by atoms with Gasteiger partial charge in [0, 0.05) is 0 Å². The molecule has 37 heavy (non-hydrogen) atoms. The zero-order valence-electron chi connectivity index (χ0n) is 24.1. The molecule has 0 aromatic heterocycles. The van der Waals surface area contributed by atoms with Crippen molar-refractivity contribution in [3.8, 4) is 11.1 Å². The molecule has 4 rings (SSSR count). The van der Waals surface area contributed by atoms with Crippen LogP contribution in [0.25, 0.3) is 11.1 Å². The van der Waals surface area contributed by atoms with E-state index in [1.54, 1.807) is 0 Å². The summed E-state index contributed by atoms with van der Waals surface area (Å²) in [6.45, 7) is 13.6. The lowest BCUT2D eigenvalue weighted by Crippen LogP contribution is -2.25. The molecule has 0 radical (unpaired) electrons. The highest BCUT2D eigenvalue weighted by Gasteiger charge is 2.38. The highest BCUT2D eigenvalue weighted by Crippen LogP contribution is 2.55. The molecule has 0 saturated heterocycles. The second-order valence-electron chi connectivity index (χ2n) is 12.3. The Kier molecular flexibility index (Phi) is 9.76. The molecule has 0 heterocycles. The maximum atomic E-state index is 15.0. The van der Waals surface area contributed by atoms with Crippen LogP contribution in [0, 0.1) is 0 Å². The zero-order chi connectivity index (χ0) is 26.6. The Morgan fingerprint density at radius 1 is 0.676 bits per heavy atom. The van der Waals surface area contributed by atoms with E-state index in [0.717, 1.165) is 62.2 Å². The fourth-order valence-electron chi connectivity index (χ4n) is 6.06. The highest BCUT2D eigenvalue weighted by molar-refractivity contribution is 7.62. The molecule has 2 aromatic rings. The Bertz CT molecular complexity index is 1020. The van der Waals surface area contributed by atoms with Crippen LogP contribution < -0.4 is 5.30 Å². The van der Waals surface area contributed by atoms with Gasteiger partial charge in [0.15, 0.2) is 0 Å². The SMILES string of the molecule is CC(C)c1cc(C(C)C)c(-c2ccccc2P(=O)(OC2CCCCC2)OC2CCCCC2)c(C(C)C)c1. The minimum Gasteiger partial charge on any atom is -0.302 e. The quantitative estimate of drug-likeness (QED) is 0.306. The van der Waals surface area contributed by atoms with Crippen molar-refractivity contribution in [3.05, 3.63) is 53.1 Å². The van der Waals surface area contributed by atoms with E-state index in [1.807, 2.05) is 12.1 Å². The van der Waals surface area contributed by atoms with Crippen LogP contribution in [-0.2, 0) is 13.6 Å². The fraction of sp³-hybridized carbons (Fsp3) is 0.636. The molecule has 204 valence electrons. The first-order valence-corrected chi connectivity index (χ1v) is 16.5. The molecule has 0 unspecified atom stereocenters. The molecular formula is C33H49O3P. The van der Waals surface area contributed by atoms with Crippen molar-refractivity contribution in [2.75, 3.05) is 0 Å². The Balaban J connectivity index is 1.88. The summed E-state index contributed by atoms with van der Waals surface area (Å²) in [7, 11) is -3.54. The molecule has 2 aliphatic carbocycles. The van der Waals surface area contributed by atoms with Crippen LogP contribution in [0.15, 0.2) is 36.4 Å². The van der Waals surface area contributed by atoms with Gasteiger partial charge < -0.3 is 9.05 Å². The molecule has 0 spiro atoms. The first-order chi connectivity index (χ1) is 17.7. The van der Waals surface area contributed by atoms with Gasteiger partial charge in [0.2, 0.25) is 0 Å². The first kappa shape index (κ1) is 28.6. The van der Waals surface area contributed by atoms with Gasteiger partial charge in [-0.3, -0.25) is 4.57 Å². The van der Waals surface area contributed by atoms with Crippen LogP contribution in [0.5, 0.6) is 0 Å². The summed E-state index contributed by atoms with van der Waals surface area (Å²) < 4.78 is 28.3. The number of rotatable bonds is 9. The van der Waals surface area contributed by atoms with Gasteiger partial charge in [0.25, 0.3) is 0 Å². The van der Waals surface area contributed by atoms with Crippen molar-refractivity contribution >= 4 is 12.9 Å². The lowest BCUT2D eigenvalue weighted by Gasteiger charge is -2.33. The Labute approximate surface area is 226 Å². The molecule has 0 N–H and O–H groups in total. The van der Waals surface area contributed by atoms with Crippen molar-refractivity contribution < 1.29 is 13.6 Å². The van der Waals surface area contributed by atoms with Gasteiger partial charge in [-0.1, -0.05) is 110 Å². The third-order valence-corrected chi connectivity index (χ3v) is 10.4. The van der Waals surface area contributed by atoms with E-state index < -0.39 is 7.60 Å². The second kappa shape index (κ2) is 12.6. The van der Waals surface area contributed by atoms with Gasteiger partial charge in [0.1, 0.15) is 0 Å². The van der Waals surface area contributed by atoms with Crippen molar-refractivity contribution in [1.82, 2.24) is 0 Å². The van der Waals surface area contributed by atoms with E-state index in [4.69, 9.17) is 9.05 Å². The fourth-order valence-corrected chi connectivity index (χ4v) is 8.30. The van der Waals surface area contributed by atoms with Crippen molar-refractivity contribution in [1.29, 1.82) is 0 Å². The molecule has 2 aromatic carbocycles. The van der Waals surface area contributed by atoms with E-state index in [1.165, 1.54) is 35.1 Å². The third-order valence-electron chi connectivity index (χ3n) is 8.28. The van der Waals surface area contributed by atoms with Crippen LogP contribution in [0.3, 0.4) is 0 Å². The maximum Gasteiger partial charge on any atom is 0.362 e. The monoisotopic (exact) mass is 524 g/mol. The molecule has 2 saturated carbocycles. The predicted molar refractivity (Wildman–Crippen MR) is 157 cm³/mol. The van der Waals surface area contributed by atoms with Gasteiger partial charge in [-0.25, -0.2) is 0 Å². The summed E-state index contributed by atoms with van der Waals surface area (Å²) in [6, 6.07) is 13.0. The summed E-state index contributed by atoms with van der Waals surface area (Å²) in [6.07, 6.45) is 10.9. The molecule has 0 aliphatic heterocycles. The van der Waals surface area contributed by atoms with Gasteiger partial charge in [-0.15, -0.1) is 0 Å². The van der Waals surface area contributed by atoms with Crippen LogP contribution in [-0.4, -0.2) is 12.2 Å². The van der Waals surface area contributed by atoms with Gasteiger partial charge in [0.05, 0.1) is 17.5 Å². The second-order valence-corrected chi connectivity index (χ2v) is 14.2. The molecule has 0 bridgehead atoms. The standard InChI is InChI=1S/C33H49O3P/c1-23(2)26-21-30(24(3)4)33(31(22-26)25(5)6)29-19-13-14-20-32(29)37(34,35-27-15-9-7-10-16-27)36-28-17-11-8-12-18-28/h13-14,19-25,27-28H,7-12,15-18H2,1-6H3. The van der Waals surface area contributed by atoms with E-state index in [-0.39, 0.29) is 12.2 Å². The van der Waals surface area contributed by atoms with E-state index in [0.29, 0.717) is 17.8 Å². The smallest absolute Gasteiger partial charge is 0.302 e. The van der Waals surface area contributed by atoms with Crippen LogP contribution in [0.1, 0.15) is 140 Å². The molecule has 2 aliphatic rings. The van der Waals surface area contributed by atoms with E-state index in [9.17, 15) is 0 Å². The summed E-state index contributed by atoms with van der Waals surface area (Å²) in [4.78, 5) is 0. The first-order valence-electron chi connectivity index (χ1n) is 14.9. The topological polar surface area (TPSA) is 35.5 Å². The minimum absolute atomic E-state index is 0.00804. The molecule has 2 fully saturated rings. The molecule has 3 nitrogen and oxygen atoms in total. The van der Waals surface area contributed by atoms with E-state index >= 15 is 4.57 Å². The van der Waals surface area contributed by atoms with Crippen LogP contribution >= 0.6 is 7.60 Å². The van der Waals surface area contributed by atoms with Crippen molar-refractivity contribution in [3.63, 3.8) is 0 Å². The zero-order valence-corrected chi connectivity index (χ0v) is 25.0. The van der Waals surface area contributed by atoms with Crippen LogP contribution in [0.4, 0.5) is 0 Å². The van der Waals surface area contributed by atoms with Gasteiger partial charge in [-0.2, -0.15) is 0 Å². The largest absolute Gasteiger partial charge is 0.362 e. The number of hydrogen-bond donors (Lipinski definition) is 0. The van der Waals surface area contributed by atoms with E-state index in [2.05, 4.69) is 65.8 Å². The molecular weight excluding hydrogens is 475 g/mol. The molecule has 4 heteroatoms. The van der Waals surface area contributed by atoms with Gasteiger partial charge in [-0.05, 0) is 77.3 Å². The molecule has 0 atom stereocenters. The Hall–Kier alpha value is -1.41. The van der Waals surface area contributed by atoms with Crippen molar-refractivity contribution in [2.24, 2.45) is 0 Å². The normalized spacial score (nSPS) is 18.3. The summed E-state index contributed by atoms with van der Waals surface area (Å²) in [5.74, 6) is 1.14. The van der Waals surface area contributed by atoms with Crippen LogP contribution in [0.2, 0.25) is 0 Å². The Morgan fingerprint density at radius 2 is 1.14 bits per heavy atom. The number of hydrogen-bond acceptors (Lipinski definition) is 3. The minimum atomic E-state index is -3.54. The summed E-state index contributed by atoms with van der Waals surface area (Å²) in [5.41, 5.74) is 6.27. The van der Waals surface area contributed by atoms with Crippen molar-refractivity contribution in [2.45, 2.75) is 136 Å². The Morgan fingerprint density at radius 3 is 1.57 bits per heavy atom. The third kappa shape index (κ3) is 6.78. The highest BCUT2D eigenvalue weighted by atomic mass is 31.2. The predicted octanol–water partition coefficient (Wildman–Crippen LogP) is 10.2. The average molecular weight is 525 g/mol. The molecule has 0 amide bonds. The average Bonchev–Trinajstić information content (AvgIpc) is 2.89. The van der Waals surface area contributed by atoms with Gasteiger partial charge >= 0.3 is 7.60 Å². The summed E-state index contributed by atoms with van der Waals surface area (Å²) >= 11 is 0. The lowest BCUT2D eigenvalue weighted by atomic mass is 9.82. The lowest BCUT2D eigenvalue weighted by molar-refractivity contribution is 0.0846. The number of benzene rings is 2. The summed E-state index contributed by atoms with van der Waals surface area (Å²) in [5, 5.41) is 0.757. The maximum absolute atomic E-state index is 15.0.